The highest BCUT2D eigenvalue weighted by Gasteiger charge is 2.74. The van der Waals surface area contributed by atoms with Gasteiger partial charge in [-0.05, 0) is 37.3 Å². The molecule has 3 heteroatoms. The summed E-state index contributed by atoms with van der Waals surface area (Å²) in [4.78, 5) is 5.25. The molecule has 4 saturated heterocycles. The van der Waals surface area contributed by atoms with Gasteiger partial charge < -0.3 is 10.0 Å². The Bertz CT molecular complexity index is 743. The molecule has 1 aromatic carbocycles. The van der Waals surface area contributed by atoms with Crippen LogP contribution in [0, 0.1) is 11.8 Å². The van der Waals surface area contributed by atoms with Gasteiger partial charge >= 0.3 is 0 Å². The number of anilines is 1. The number of nitrogens with zero attached hydrogens (tertiary/aromatic N) is 2. The van der Waals surface area contributed by atoms with Gasteiger partial charge in [0.2, 0.25) is 0 Å². The van der Waals surface area contributed by atoms with E-state index in [1.165, 1.54) is 17.7 Å². The molecule has 5 heterocycles. The second-order valence-corrected chi connectivity index (χ2v) is 8.35. The van der Waals surface area contributed by atoms with Crippen LogP contribution in [0.15, 0.2) is 35.9 Å². The minimum absolute atomic E-state index is 0.0280. The van der Waals surface area contributed by atoms with Gasteiger partial charge in [-0.25, -0.2) is 0 Å². The molecule has 0 radical (unpaired) electrons. The summed E-state index contributed by atoms with van der Waals surface area (Å²) in [5.74, 6) is 1.05. The molecule has 1 unspecified atom stereocenters. The van der Waals surface area contributed by atoms with E-state index in [2.05, 4.69) is 54.1 Å². The predicted octanol–water partition coefficient (Wildman–Crippen LogP) is 2.16. The summed E-state index contributed by atoms with van der Waals surface area (Å²) in [5, 5.41) is 11.6. The Balaban J connectivity index is 1.62. The maximum absolute atomic E-state index is 11.6. The van der Waals surface area contributed by atoms with Crippen molar-refractivity contribution in [1.82, 2.24) is 4.90 Å². The van der Waals surface area contributed by atoms with Gasteiger partial charge in [-0.1, -0.05) is 29.8 Å². The molecule has 1 aromatic rings. The number of aliphatic hydroxyl groups is 1. The van der Waals surface area contributed by atoms with E-state index in [1.54, 1.807) is 5.57 Å². The number of rotatable bonds is 0. The van der Waals surface area contributed by atoms with Gasteiger partial charge in [0.25, 0.3) is 0 Å². The molecule has 6 aliphatic rings. The summed E-state index contributed by atoms with van der Waals surface area (Å²) in [7, 11) is 2.25. The van der Waals surface area contributed by atoms with Crippen molar-refractivity contribution in [1.29, 1.82) is 0 Å². The van der Waals surface area contributed by atoms with Crippen LogP contribution in [0.25, 0.3) is 0 Å². The van der Waals surface area contributed by atoms with Gasteiger partial charge in [-0.2, -0.15) is 0 Å². The zero-order chi connectivity index (χ0) is 15.5. The fourth-order valence-corrected chi connectivity index (χ4v) is 7.35. The average Bonchev–Trinajstić information content (AvgIpc) is 2.98. The molecule has 5 bridgehead atoms. The fraction of sp³-hybridized carbons (Fsp3) is 0.600. The number of aliphatic hydroxyl groups excluding tert-OH is 1. The first-order valence-electron chi connectivity index (χ1n) is 9.09. The van der Waals surface area contributed by atoms with E-state index < -0.39 is 0 Å². The SMILES string of the molecule is C/C=C1/CN2[C@@H]3C[C@@H]1[C@H]1[C@@H](O)[C@]4(C[C@@H]12)c1ccccc1N(C)[C@H]34. The normalized spacial score (nSPS) is 53.1. The monoisotopic (exact) mass is 308 g/mol. The lowest BCUT2D eigenvalue weighted by Gasteiger charge is -2.58. The second kappa shape index (κ2) is 3.84. The lowest BCUT2D eigenvalue weighted by atomic mass is 9.65. The highest BCUT2D eigenvalue weighted by molar-refractivity contribution is 5.67. The predicted molar refractivity (Wildman–Crippen MR) is 90.6 cm³/mol. The molecule has 23 heavy (non-hydrogen) atoms. The van der Waals surface area contributed by atoms with E-state index in [0.717, 1.165) is 13.0 Å². The zero-order valence-electron chi connectivity index (χ0n) is 13.8. The van der Waals surface area contributed by atoms with Crippen molar-refractivity contribution in [2.24, 2.45) is 11.8 Å². The number of benzene rings is 1. The summed E-state index contributed by atoms with van der Waals surface area (Å²) in [5.41, 5.74) is 4.32. The summed E-state index contributed by atoms with van der Waals surface area (Å²) in [6, 6.07) is 10.5. The van der Waals surface area contributed by atoms with Crippen molar-refractivity contribution in [2.75, 3.05) is 18.5 Å². The van der Waals surface area contributed by atoms with Gasteiger partial charge in [0.15, 0.2) is 0 Å². The molecular formula is C20H24N2O. The van der Waals surface area contributed by atoms with Gasteiger partial charge in [0.1, 0.15) is 0 Å². The molecule has 5 fully saturated rings. The second-order valence-electron chi connectivity index (χ2n) is 8.35. The summed E-state index contributed by atoms with van der Waals surface area (Å²) in [6.45, 7) is 3.31. The molecule has 1 N–H and O–H groups in total. The van der Waals surface area contributed by atoms with Gasteiger partial charge in [-0.3, -0.25) is 4.90 Å². The highest BCUT2D eigenvalue weighted by atomic mass is 16.3. The van der Waals surface area contributed by atoms with Crippen molar-refractivity contribution in [3.05, 3.63) is 41.5 Å². The van der Waals surface area contributed by atoms with Crippen molar-refractivity contribution >= 4 is 5.69 Å². The maximum atomic E-state index is 11.6. The zero-order valence-corrected chi connectivity index (χ0v) is 13.8. The molecule has 0 amide bonds. The molecule has 8 atom stereocenters. The van der Waals surface area contributed by atoms with Crippen LogP contribution in [0.5, 0.6) is 0 Å². The van der Waals surface area contributed by atoms with Crippen molar-refractivity contribution < 1.29 is 5.11 Å². The third-order valence-electron chi connectivity index (χ3n) is 8.00. The van der Waals surface area contributed by atoms with Crippen molar-refractivity contribution in [3.63, 3.8) is 0 Å². The highest BCUT2D eigenvalue weighted by Crippen LogP contribution is 2.67. The number of allylic oxidation sites excluding steroid dienone is 1. The molecule has 1 aliphatic carbocycles. The standard InChI is InChI=1S/C20H24N2O/c1-3-11-10-22-15-8-12(11)17-16(22)9-20(19(17)23)13-6-4-5-7-14(13)21(2)18(15)20/h3-7,12,15-19,23H,8-10H2,1-2H3/b11-3-/t12-,15+,16-,17+,18+,19+,20+/m0/s1. The number of hydrogen-bond acceptors (Lipinski definition) is 3. The van der Waals surface area contributed by atoms with E-state index in [-0.39, 0.29) is 11.5 Å². The summed E-state index contributed by atoms with van der Waals surface area (Å²) >= 11 is 0. The maximum Gasteiger partial charge on any atom is 0.0707 e. The smallest absolute Gasteiger partial charge is 0.0707 e. The lowest BCUT2D eigenvalue weighted by Crippen LogP contribution is -2.68. The van der Waals surface area contributed by atoms with Crippen LogP contribution in [-0.2, 0) is 5.41 Å². The first-order valence-corrected chi connectivity index (χ1v) is 9.09. The van der Waals surface area contributed by atoms with Crippen LogP contribution in [0.4, 0.5) is 5.69 Å². The first kappa shape index (κ1) is 13.0. The Morgan fingerprint density at radius 1 is 1.26 bits per heavy atom. The summed E-state index contributed by atoms with van der Waals surface area (Å²) < 4.78 is 0. The topological polar surface area (TPSA) is 26.7 Å². The Labute approximate surface area is 137 Å². The van der Waals surface area contributed by atoms with Gasteiger partial charge in [0.05, 0.1) is 12.1 Å². The Hall–Kier alpha value is -1.32. The molecular weight excluding hydrogens is 284 g/mol. The third-order valence-corrected chi connectivity index (χ3v) is 8.00. The Morgan fingerprint density at radius 3 is 2.91 bits per heavy atom. The molecule has 1 spiro atoms. The average molecular weight is 308 g/mol. The quantitative estimate of drug-likeness (QED) is 0.744. The van der Waals surface area contributed by atoms with E-state index in [1.807, 2.05) is 0 Å². The fourth-order valence-electron chi connectivity index (χ4n) is 7.35. The molecule has 120 valence electrons. The van der Waals surface area contributed by atoms with Crippen LogP contribution in [0.2, 0.25) is 0 Å². The number of para-hydroxylation sites is 1. The molecule has 5 aliphatic heterocycles. The molecule has 3 nitrogen and oxygen atoms in total. The van der Waals surface area contributed by atoms with Crippen molar-refractivity contribution in [3.8, 4) is 0 Å². The van der Waals surface area contributed by atoms with Gasteiger partial charge in [-0.15, -0.1) is 0 Å². The van der Waals surface area contributed by atoms with Crippen LogP contribution in [0.3, 0.4) is 0 Å². The van der Waals surface area contributed by atoms with Crippen LogP contribution < -0.4 is 4.90 Å². The lowest BCUT2D eigenvalue weighted by molar-refractivity contribution is -0.0345. The van der Waals surface area contributed by atoms with E-state index in [9.17, 15) is 5.11 Å². The van der Waals surface area contributed by atoms with Crippen molar-refractivity contribution in [2.45, 2.75) is 49.4 Å². The third kappa shape index (κ3) is 1.17. The minimum Gasteiger partial charge on any atom is -0.392 e. The number of hydrogen-bond donors (Lipinski definition) is 1. The van der Waals surface area contributed by atoms with Gasteiger partial charge in [0, 0.05) is 42.7 Å². The van der Waals surface area contributed by atoms with Crippen LogP contribution >= 0.6 is 0 Å². The Kier molecular flexibility index (Phi) is 2.17. The van der Waals surface area contributed by atoms with Crippen LogP contribution in [0.1, 0.15) is 25.3 Å². The first-order chi connectivity index (χ1) is 11.2. The molecule has 1 saturated carbocycles. The largest absolute Gasteiger partial charge is 0.392 e. The minimum atomic E-state index is -0.196. The number of fused-ring (bicyclic) bond motifs is 2. The number of likely N-dealkylation sites (N-methyl/N-ethyl adjacent to an activating group) is 1. The number of piperidine rings is 4. The molecule has 0 aromatic heterocycles. The van der Waals surface area contributed by atoms with E-state index in [0.29, 0.717) is 30.0 Å². The van der Waals surface area contributed by atoms with Crippen LogP contribution in [-0.4, -0.2) is 47.8 Å². The molecule has 7 rings (SSSR count). The van der Waals surface area contributed by atoms with E-state index in [4.69, 9.17) is 0 Å². The Morgan fingerprint density at radius 2 is 2.09 bits per heavy atom. The summed E-state index contributed by atoms with van der Waals surface area (Å²) in [6.07, 6.45) is 4.51. The van der Waals surface area contributed by atoms with E-state index >= 15 is 0 Å².